The molecule has 5 aromatic rings. The zero-order chi connectivity index (χ0) is 37.6. The average Bonchev–Trinajstić information content (AvgIpc) is 3.69. The highest BCUT2D eigenvalue weighted by atomic mass is 32.1. The molecule has 2 aromatic carbocycles. The van der Waals surface area contributed by atoms with Crippen LogP contribution in [-0.4, -0.2) is 57.2 Å². The fourth-order valence-electron chi connectivity index (χ4n) is 5.83. The Balaban J connectivity index is 1.24. The molecule has 9 nitrogen and oxygen atoms in total. The molecule has 10 heteroatoms. The van der Waals surface area contributed by atoms with Gasteiger partial charge in [0.1, 0.15) is 11.8 Å². The summed E-state index contributed by atoms with van der Waals surface area (Å²) in [7, 11) is 0. The Morgan fingerprint density at radius 1 is 0.792 bits per heavy atom. The van der Waals surface area contributed by atoms with Gasteiger partial charge in [0.05, 0.1) is 24.1 Å². The molecule has 2 atom stereocenters. The molecule has 0 spiro atoms. The molecule has 3 aromatic heterocycles. The largest absolute Gasteiger partial charge is 0.494 e. The molecule has 0 fully saturated rings. The van der Waals surface area contributed by atoms with E-state index in [1.165, 1.54) is 37.0 Å². The second-order valence-electron chi connectivity index (χ2n) is 14.3. The Morgan fingerprint density at radius 2 is 1.51 bits per heavy atom. The number of ether oxygens (including phenoxy) is 1. The van der Waals surface area contributed by atoms with E-state index in [-0.39, 0.29) is 30.3 Å². The van der Waals surface area contributed by atoms with Crippen molar-refractivity contribution in [3.8, 4) is 28.3 Å². The first-order valence-electron chi connectivity index (χ1n) is 18.5. The van der Waals surface area contributed by atoms with Gasteiger partial charge in [-0.1, -0.05) is 95.8 Å². The first kappa shape index (κ1) is 39.3. The van der Waals surface area contributed by atoms with Crippen molar-refractivity contribution in [1.82, 2.24) is 25.6 Å². The molecule has 3 heterocycles. The standard InChI is InChI=1S/C43H51N5O4S/c1-5-6-7-8-11-24-52-36-19-17-31(18-20-36)33-27-45-40(46-28-33)32-15-13-30(14-16-32)25-37(48-42(51)38-21-22-39(53-38)43(2,3)4)41(50)47-35(29-49)26-34-12-9-10-23-44-34/h9-10,12-23,27-28,35,37,49H,5-8,11,24-26,29H2,1-4H3,(H,47,50)(H,48,51). The van der Waals surface area contributed by atoms with E-state index < -0.39 is 12.1 Å². The monoisotopic (exact) mass is 733 g/mol. The van der Waals surface area contributed by atoms with Crippen LogP contribution in [0.1, 0.15) is 85.6 Å². The number of rotatable bonds is 18. The van der Waals surface area contributed by atoms with Crippen LogP contribution in [0.2, 0.25) is 0 Å². The molecular weight excluding hydrogens is 683 g/mol. The fourth-order valence-corrected chi connectivity index (χ4v) is 6.79. The second kappa shape index (κ2) is 19.2. The number of aliphatic hydroxyl groups is 1. The highest BCUT2D eigenvalue weighted by molar-refractivity contribution is 7.14. The van der Waals surface area contributed by atoms with Gasteiger partial charge in [-0.3, -0.25) is 14.6 Å². The average molecular weight is 734 g/mol. The molecule has 0 bridgehead atoms. The van der Waals surface area contributed by atoms with E-state index in [1.54, 1.807) is 12.3 Å². The molecule has 0 radical (unpaired) electrons. The van der Waals surface area contributed by atoms with Crippen molar-refractivity contribution < 1.29 is 19.4 Å². The van der Waals surface area contributed by atoms with E-state index in [1.807, 2.05) is 85.2 Å². The molecule has 2 unspecified atom stereocenters. The van der Waals surface area contributed by atoms with Crippen LogP contribution in [0.4, 0.5) is 0 Å². The summed E-state index contributed by atoms with van der Waals surface area (Å²) in [6.45, 7) is 8.98. The lowest BCUT2D eigenvalue weighted by Gasteiger charge is -2.22. The summed E-state index contributed by atoms with van der Waals surface area (Å²) >= 11 is 1.42. The molecule has 53 heavy (non-hydrogen) atoms. The van der Waals surface area contributed by atoms with Crippen molar-refractivity contribution in [3.05, 3.63) is 118 Å². The number of amides is 2. The Hall–Kier alpha value is -4.93. The molecule has 0 saturated heterocycles. The number of benzene rings is 2. The van der Waals surface area contributed by atoms with Crippen molar-refractivity contribution in [2.24, 2.45) is 0 Å². The number of carbonyl (C=O) groups is 2. The number of thiophene rings is 1. The predicted molar refractivity (Wildman–Crippen MR) is 212 cm³/mol. The Kier molecular flexibility index (Phi) is 14.3. The van der Waals surface area contributed by atoms with Gasteiger partial charge in [-0.2, -0.15) is 0 Å². The van der Waals surface area contributed by atoms with E-state index in [2.05, 4.69) is 53.3 Å². The molecule has 5 rings (SSSR count). The lowest BCUT2D eigenvalue weighted by molar-refractivity contribution is -0.124. The van der Waals surface area contributed by atoms with Crippen LogP contribution < -0.4 is 15.4 Å². The molecule has 0 saturated carbocycles. The van der Waals surface area contributed by atoms with Crippen molar-refractivity contribution in [1.29, 1.82) is 0 Å². The van der Waals surface area contributed by atoms with E-state index >= 15 is 0 Å². The van der Waals surface area contributed by atoms with Gasteiger partial charge in [0.25, 0.3) is 5.91 Å². The lowest BCUT2D eigenvalue weighted by Crippen LogP contribution is -2.52. The number of nitrogens with one attached hydrogen (secondary N) is 2. The summed E-state index contributed by atoms with van der Waals surface area (Å²) in [5.74, 6) is 0.741. The molecule has 2 amide bonds. The van der Waals surface area contributed by atoms with Crippen molar-refractivity contribution in [2.45, 2.75) is 90.1 Å². The molecular formula is C43H51N5O4S. The SMILES string of the molecule is CCCCCCCOc1ccc(-c2cnc(-c3ccc(CC(NC(=O)c4ccc(C(C)(C)C)s4)C(=O)NC(CO)Cc4ccccn4)cc3)nc2)cc1. The third-order valence-electron chi connectivity index (χ3n) is 8.95. The smallest absolute Gasteiger partial charge is 0.262 e. The third-order valence-corrected chi connectivity index (χ3v) is 10.5. The van der Waals surface area contributed by atoms with Crippen molar-refractivity contribution >= 4 is 23.2 Å². The van der Waals surface area contributed by atoms with Crippen molar-refractivity contribution in [2.75, 3.05) is 13.2 Å². The van der Waals surface area contributed by atoms with E-state index in [0.29, 0.717) is 17.1 Å². The summed E-state index contributed by atoms with van der Waals surface area (Å²) in [5, 5.41) is 16.0. The third kappa shape index (κ3) is 11.8. The summed E-state index contributed by atoms with van der Waals surface area (Å²) in [5.41, 5.74) is 4.25. The fraction of sp³-hybridized carbons (Fsp3) is 0.372. The number of aliphatic hydroxyl groups excluding tert-OH is 1. The molecule has 278 valence electrons. The Bertz CT molecular complexity index is 1870. The van der Waals surface area contributed by atoms with E-state index in [9.17, 15) is 14.7 Å². The first-order valence-corrected chi connectivity index (χ1v) is 19.3. The van der Waals surface area contributed by atoms with Crippen LogP contribution in [0.3, 0.4) is 0 Å². The zero-order valence-electron chi connectivity index (χ0n) is 31.2. The number of unbranched alkanes of at least 4 members (excludes halogenated alkanes) is 4. The maximum Gasteiger partial charge on any atom is 0.262 e. The quantitative estimate of drug-likeness (QED) is 0.0780. The van der Waals surface area contributed by atoms with Crippen LogP contribution in [-0.2, 0) is 23.1 Å². The van der Waals surface area contributed by atoms with Crippen molar-refractivity contribution in [3.63, 3.8) is 0 Å². The number of aromatic nitrogens is 3. The summed E-state index contributed by atoms with van der Waals surface area (Å²) < 4.78 is 5.91. The molecule has 0 aliphatic heterocycles. The number of hydrogen-bond donors (Lipinski definition) is 3. The Morgan fingerprint density at radius 3 is 2.15 bits per heavy atom. The van der Waals surface area contributed by atoms with Gasteiger partial charge in [-0.25, -0.2) is 9.97 Å². The number of pyridine rings is 1. The predicted octanol–water partition coefficient (Wildman–Crippen LogP) is 7.97. The topological polar surface area (TPSA) is 126 Å². The molecule has 0 aliphatic carbocycles. The number of nitrogens with zero attached hydrogens (tertiary/aromatic N) is 3. The summed E-state index contributed by atoms with van der Waals surface area (Å²) in [6, 6.07) is 23.5. The second-order valence-corrected chi connectivity index (χ2v) is 15.4. The van der Waals surface area contributed by atoms with Crippen LogP contribution in [0.25, 0.3) is 22.5 Å². The lowest BCUT2D eigenvalue weighted by atomic mass is 9.95. The summed E-state index contributed by atoms with van der Waals surface area (Å²) in [6.07, 6.45) is 11.9. The number of hydrogen-bond acceptors (Lipinski definition) is 8. The molecule has 0 aliphatic rings. The highest BCUT2D eigenvalue weighted by Gasteiger charge is 2.26. The van der Waals surface area contributed by atoms with E-state index in [4.69, 9.17) is 4.74 Å². The van der Waals surface area contributed by atoms with Gasteiger partial charge in [-0.15, -0.1) is 11.3 Å². The molecule has 3 N–H and O–H groups in total. The van der Waals surface area contributed by atoms with Crippen LogP contribution in [0, 0.1) is 0 Å². The van der Waals surface area contributed by atoms with E-state index in [0.717, 1.165) is 51.6 Å². The van der Waals surface area contributed by atoms with Gasteiger partial charge in [-0.05, 0) is 59.4 Å². The summed E-state index contributed by atoms with van der Waals surface area (Å²) in [4.78, 5) is 42.3. The van der Waals surface area contributed by atoms with Crippen LogP contribution >= 0.6 is 11.3 Å². The normalized spacial score (nSPS) is 12.5. The van der Waals surface area contributed by atoms with Gasteiger partial charge >= 0.3 is 0 Å². The first-order chi connectivity index (χ1) is 25.6. The maximum absolute atomic E-state index is 13.7. The number of carbonyl (C=O) groups excluding carboxylic acids is 2. The van der Waals surface area contributed by atoms with Gasteiger partial charge in [0.15, 0.2) is 5.82 Å². The zero-order valence-corrected chi connectivity index (χ0v) is 32.0. The Labute approximate surface area is 317 Å². The van der Waals surface area contributed by atoms with Gasteiger partial charge in [0, 0.05) is 53.1 Å². The van der Waals surface area contributed by atoms with Gasteiger partial charge in [0.2, 0.25) is 5.91 Å². The highest BCUT2D eigenvalue weighted by Crippen LogP contribution is 2.30. The van der Waals surface area contributed by atoms with Crippen LogP contribution in [0.15, 0.2) is 97.5 Å². The minimum Gasteiger partial charge on any atom is -0.494 e. The minimum absolute atomic E-state index is 0.0979. The minimum atomic E-state index is -0.885. The van der Waals surface area contributed by atoms with Crippen LogP contribution in [0.5, 0.6) is 5.75 Å². The van der Waals surface area contributed by atoms with Gasteiger partial charge < -0.3 is 20.5 Å². The maximum atomic E-state index is 13.7.